The molecule has 4 heteroatoms. The highest BCUT2D eigenvalue weighted by atomic mass is 16.4. The summed E-state index contributed by atoms with van der Waals surface area (Å²) in [6, 6.07) is 3.88. The minimum absolute atomic E-state index is 0.157. The fourth-order valence-corrected chi connectivity index (χ4v) is 1.33. The number of aliphatic carboxylic acids is 1. The summed E-state index contributed by atoms with van der Waals surface area (Å²) in [7, 11) is 0. The molecule has 1 unspecified atom stereocenters. The van der Waals surface area contributed by atoms with E-state index in [0.717, 1.165) is 12.1 Å². The van der Waals surface area contributed by atoms with Crippen molar-refractivity contribution in [1.82, 2.24) is 10.3 Å². The molecular weight excluding hydrogens is 192 g/mol. The van der Waals surface area contributed by atoms with Gasteiger partial charge in [-0.25, -0.2) is 0 Å². The van der Waals surface area contributed by atoms with E-state index in [1.807, 2.05) is 19.1 Å². The highest BCUT2D eigenvalue weighted by molar-refractivity contribution is 5.66. The molecule has 1 aromatic heterocycles. The molecule has 0 aromatic carbocycles. The van der Waals surface area contributed by atoms with Crippen LogP contribution in [0.3, 0.4) is 0 Å². The number of rotatable bonds is 6. The monoisotopic (exact) mass is 208 g/mol. The van der Waals surface area contributed by atoms with Crippen LogP contribution in [0.5, 0.6) is 0 Å². The maximum atomic E-state index is 10.4. The lowest BCUT2D eigenvalue weighted by molar-refractivity contribution is -0.137. The van der Waals surface area contributed by atoms with E-state index in [1.54, 1.807) is 12.4 Å². The molecule has 0 aliphatic carbocycles. The fraction of sp³-hybridized carbons (Fsp3) is 0.455. The SMILES string of the molecule is CC(CNCc1ccncc1)CC(=O)O. The first kappa shape index (κ1) is 11.7. The van der Waals surface area contributed by atoms with Crippen LogP contribution in [0.15, 0.2) is 24.5 Å². The van der Waals surface area contributed by atoms with E-state index in [2.05, 4.69) is 10.3 Å². The van der Waals surface area contributed by atoms with E-state index >= 15 is 0 Å². The molecule has 0 spiro atoms. The van der Waals surface area contributed by atoms with Crippen molar-refractivity contribution in [2.24, 2.45) is 5.92 Å². The summed E-state index contributed by atoms with van der Waals surface area (Å²) in [6.07, 6.45) is 3.71. The predicted molar refractivity (Wildman–Crippen MR) is 57.4 cm³/mol. The average Bonchev–Trinajstić information content (AvgIpc) is 2.18. The Bertz CT molecular complexity index is 301. The van der Waals surface area contributed by atoms with Gasteiger partial charge in [-0.2, -0.15) is 0 Å². The largest absolute Gasteiger partial charge is 0.481 e. The summed E-state index contributed by atoms with van der Waals surface area (Å²) in [5.41, 5.74) is 1.16. The molecule has 2 N–H and O–H groups in total. The Hall–Kier alpha value is -1.42. The first-order valence-corrected chi connectivity index (χ1v) is 5.00. The van der Waals surface area contributed by atoms with Crippen molar-refractivity contribution >= 4 is 5.97 Å². The first-order valence-electron chi connectivity index (χ1n) is 5.00. The zero-order valence-corrected chi connectivity index (χ0v) is 8.81. The van der Waals surface area contributed by atoms with Crippen LogP contribution in [0.2, 0.25) is 0 Å². The van der Waals surface area contributed by atoms with Crippen molar-refractivity contribution in [3.8, 4) is 0 Å². The number of aromatic nitrogens is 1. The third-order valence-electron chi connectivity index (χ3n) is 2.09. The normalized spacial score (nSPS) is 12.3. The molecule has 4 nitrogen and oxygen atoms in total. The van der Waals surface area contributed by atoms with Gasteiger partial charge in [0.2, 0.25) is 0 Å². The molecule has 0 aliphatic heterocycles. The third kappa shape index (κ3) is 5.12. The minimum Gasteiger partial charge on any atom is -0.481 e. The lowest BCUT2D eigenvalue weighted by atomic mass is 10.1. The number of carboxylic acids is 1. The molecule has 0 amide bonds. The van der Waals surface area contributed by atoms with E-state index < -0.39 is 5.97 Å². The van der Waals surface area contributed by atoms with Crippen LogP contribution in [0, 0.1) is 5.92 Å². The Labute approximate surface area is 89.3 Å². The second-order valence-electron chi connectivity index (χ2n) is 3.69. The Morgan fingerprint density at radius 1 is 1.53 bits per heavy atom. The molecule has 1 heterocycles. The van der Waals surface area contributed by atoms with Crippen LogP contribution in [-0.4, -0.2) is 22.6 Å². The molecule has 0 bridgehead atoms. The van der Waals surface area contributed by atoms with Crippen molar-refractivity contribution in [3.63, 3.8) is 0 Å². The Balaban J connectivity index is 2.19. The Kier molecular flexibility index (Phi) is 4.77. The molecule has 15 heavy (non-hydrogen) atoms. The second-order valence-corrected chi connectivity index (χ2v) is 3.69. The summed E-state index contributed by atoms with van der Waals surface area (Å²) in [5, 5.41) is 11.8. The van der Waals surface area contributed by atoms with E-state index in [9.17, 15) is 4.79 Å². The highest BCUT2D eigenvalue weighted by Crippen LogP contribution is 2.01. The maximum Gasteiger partial charge on any atom is 0.303 e. The number of pyridine rings is 1. The van der Waals surface area contributed by atoms with Crippen LogP contribution in [0.1, 0.15) is 18.9 Å². The molecular formula is C11H16N2O2. The van der Waals surface area contributed by atoms with Crippen molar-refractivity contribution in [2.75, 3.05) is 6.54 Å². The van der Waals surface area contributed by atoms with Crippen LogP contribution in [0.25, 0.3) is 0 Å². The van der Waals surface area contributed by atoms with Crippen molar-refractivity contribution in [1.29, 1.82) is 0 Å². The third-order valence-corrected chi connectivity index (χ3v) is 2.09. The van der Waals surface area contributed by atoms with Gasteiger partial charge in [0.25, 0.3) is 0 Å². The number of nitrogens with one attached hydrogen (secondary N) is 1. The van der Waals surface area contributed by atoms with Gasteiger partial charge in [0.05, 0.1) is 0 Å². The minimum atomic E-state index is -0.742. The van der Waals surface area contributed by atoms with Crippen molar-refractivity contribution in [2.45, 2.75) is 19.9 Å². The van der Waals surface area contributed by atoms with Gasteiger partial charge in [-0.05, 0) is 30.2 Å². The fourth-order valence-electron chi connectivity index (χ4n) is 1.33. The van der Waals surface area contributed by atoms with E-state index in [1.165, 1.54) is 0 Å². The van der Waals surface area contributed by atoms with Crippen LogP contribution in [0.4, 0.5) is 0 Å². The highest BCUT2D eigenvalue weighted by Gasteiger charge is 2.06. The van der Waals surface area contributed by atoms with Gasteiger partial charge in [0, 0.05) is 25.4 Å². The number of hydrogen-bond acceptors (Lipinski definition) is 3. The number of carboxylic acid groups (broad SMARTS) is 1. The summed E-state index contributed by atoms with van der Waals surface area (Å²) in [4.78, 5) is 14.3. The summed E-state index contributed by atoms with van der Waals surface area (Å²) in [5.74, 6) is -0.586. The maximum absolute atomic E-state index is 10.4. The predicted octanol–water partition coefficient (Wildman–Crippen LogP) is 1.28. The Morgan fingerprint density at radius 2 is 2.20 bits per heavy atom. The standard InChI is InChI=1S/C11H16N2O2/c1-9(6-11(14)15)7-13-8-10-2-4-12-5-3-10/h2-5,9,13H,6-8H2,1H3,(H,14,15). The van der Waals surface area contributed by atoms with Gasteiger partial charge in [-0.15, -0.1) is 0 Å². The average molecular weight is 208 g/mol. The van der Waals surface area contributed by atoms with Crippen molar-refractivity contribution in [3.05, 3.63) is 30.1 Å². The summed E-state index contributed by atoms with van der Waals surface area (Å²) >= 11 is 0. The smallest absolute Gasteiger partial charge is 0.303 e. The molecule has 0 saturated carbocycles. The zero-order valence-electron chi connectivity index (χ0n) is 8.81. The molecule has 1 rings (SSSR count). The molecule has 82 valence electrons. The topological polar surface area (TPSA) is 62.2 Å². The van der Waals surface area contributed by atoms with Crippen molar-refractivity contribution < 1.29 is 9.90 Å². The molecule has 1 atom stereocenters. The van der Waals surface area contributed by atoms with E-state index in [-0.39, 0.29) is 12.3 Å². The summed E-state index contributed by atoms with van der Waals surface area (Å²) in [6.45, 7) is 3.40. The van der Waals surface area contributed by atoms with Gasteiger partial charge >= 0.3 is 5.97 Å². The van der Waals surface area contributed by atoms with Crippen LogP contribution in [-0.2, 0) is 11.3 Å². The van der Waals surface area contributed by atoms with Gasteiger partial charge in [-0.3, -0.25) is 9.78 Å². The van der Waals surface area contributed by atoms with Gasteiger partial charge in [-0.1, -0.05) is 6.92 Å². The lowest BCUT2D eigenvalue weighted by Crippen LogP contribution is -2.22. The van der Waals surface area contributed by atoms with E-state index in [0.29, 0.717) is 6.54 Å². The molecule has 1 aromatic rings. The number of carbonyl (C=O) groups is 1. The first-order chi connectivity index (χ1) is 7.18. The molecule has 0 fully saturated rings. The van der Waals surface area contributed by atoms with Crippen LogP contribution < -0.4 is 5.32 Å². The number of hydrogen-bond donors (Lipinski definition) is 2. The molecule has 0 aliphatic rings. The second kappa shape index (κ2) is 6.14. The van der Waals surface area contributed by atoms with Gasteiger partial charge < -0.3 is 10.4 Å². The lowest BCUT2D eigenvalue weighted by Gasteiger charge is -2.09. The summed E-state index contributed by atoms with van der Waals surface area (Å²) < 4.78 is 0. The van der Waals surface area contributed by atoms with E-state index in [4.69, 9.17) is 5.11 Å². The number of nitrogens with zero attached hydrogens (tertiary/aromatic N) is 1. The quantitative estimate of drug-likeness (QED) is 0.739. The van der Waals surface area contributed by atoms with Gasteiger partial charge in [0.15, 0.2) is 0 Å². The van der Waals surface area contributed by atoms with Gasteiger partial charge in [0.1, 0.15) is 0 Å². The Morgan fingerprint density at radius 3 is 2.80 bits per heavy atom. The zero-order chi connectivity index (χ0) is 11.1. The molecule has 0 saturated heterocycles. The molecule has 0 radical (unpaired) electrons. The van der Waals surface area contributed by atoms with Crippen LogP contribution >= 0.6 is 0 Å².